The fourth-order valence-corrected chi connectivity index (χ4v) is 3.43. The van der Waals surface area contributed by atoms with Crippen LogP contribution in [0.2, 0.25) is 0 Å². The van der Waals surface area contributed by atoms with E-state index in [-0.39, 0.29) is 0 Å². The molecule has 1 aliphatic carbocycles. The Morgan fingerprint density at radius 1 is 1.25 bits per heavy atom. The van der Waals surface area contributed by atoms with E-state index in [0.29, 0.717) is 6.04 Å². The lowest BCUT2D eigenvalue weighted by Gasteiger charge is -2.18. The molecule has 2 heteroatoms. The van der Waals surface area contributed by atoms with Gasteiger partial charge in [0, 0.05) is 10.5 Å². The smallest absolute Gasteiger partial charge is 0.0516 e. The number of aryl methyl sites for hydroxylation is 2. The van der Waals surface area contributed by atoms with Crippen LogP contribution in [-0.2, 0) is 0 Å². The normalized spacial score (nSPS) is 24.8. The van der Waals surface area contributed by atoms with Gasteiger partial charge in [0.25, 0.3) is 0 Å². The van der Waals surface area contributed by atoms with Crippen molar-refractivity contribution in [3.63, 3.8) is 0 Å². The van der Waals surface area contributed by atoms with E-state index >= 15 is 0 Å². The van der Waals surface area contributed by atoms with E-state index < -0.39 is 0 Å². The van der Waals surface area contributed by atoms with Gasteiger partial charge in [0.2, 0.25) is 0 Å². The molecule has 0 heterocycles. The highest BCUT2D eigenvalue weighted by Gasteiger charge is 2.22. The summed E-state index contributed by atoms with van der Waals surface area (Å²) in [6, 6.07) is 5.09. The minimum Gasteiger partial charge on any atom is -0.381 e. The predicted octanol–water partition coefficient (Wildman–Crippen LogP) is 4.67. The molecule has 2 rings (SSSR count). The van der Waals surface area contributed by atoms with Crippen LogP contribution in [0.15, 0.2) is 16.6 Å². The largest absolute Gasteiger partial charge is 0.381 e. The van der Waals surface area contributed by atoms with Crippen molar-refractivity contribution in [2.45, 2.75) is 46.1 Å². The Morgan fingerprint density at radius 2 is 2.00 bits per heavy atom. The van der Waals surface area contributed by atoms with Gasteiger partial charge in [-0.15, -0.1) is 0 Å². The molecule has 2 unspecified atom stereocenters. The number of rotatable bonds is 2. The first-order valence-corrected chi connectivity index (χ1v) is 6.89. The molecule has 2 atom stereocenters. The fourth-order valence-electron chi connectivity index (χ4n) is 2.64. The van der Waals surface area contributed by atoms with E-state index in [4.69, 9.17) is 0 Å². The quantitative estimate of drug-likeness (QED) is 0.831. The first kappa shape index (κ1) is 12.0. The summed E-state index contributed by atoms with van der Waals surface area (Å²) in [5.41, 5.74) is 3.94. The minimum atomic E-state index is 0.660. The second-order valence-corrected chi connectivity index (χ2v) is 6.05. The van der Waals surface area contributed by atoms with Crippen LogP contribution in [0.25, 0.3) is 0 Å². The van der Waals surface area contributed by atoms with Gasteiger partial charge in [-0.1, -0.05) is 13.0 Å². The van der Waals surface area contributed by atoms with Crippen LogP contribution in [0.4, 0.5) is 5.69 Å². The van der Waals surface area contributed by atoms with Crippen LogP contribution in [-0.4, -0.2) is 6.04 Å². The summed E-state index contributed by atoms with van der Waals surface area (Å²) in [4.78, 5) is 0. The number of nitrogens with one attached hydrogen (secondary N) is 1. The van der Waals surface area contributed by atoms with Crippen molar-refractivity contribution in [2.75, 3.05) is 5.32 Å². The van der Waals surface area contributed by atoms with E-state index in [1.54, 1.807) is 0 Å². The Labute approximate surface area is 107 Å². The van der Waals surface area contributed by atoms with Crippen LogP contribution in [0.3, 0.4) is 0 Å². The van der Waals surface area contributed by atoms with Crippen molar-refractivity contribution in [1.82, 2.24) is 0 Å². The van der Waals surface area contributed by atoms with Gasteiger partial charge in [0.1, 0.15) is 0 Å². The average molecular weight is 282 g/mol. The van der Waals surface area contributed by atoms with Crippen LogP contribution >= 0.6 is 15.9 Å². The highest BCUT2D eigenvalue weighted by atomic mass is 79.9. The molecule has 0 aromatic heterocycles. The van der Waals surface area contributed by atoms with E-state index in [0.717, 1.165) is 5.92 Å². The summed E-state index contributed by atoms with van der Waals surface area (Å²) in [5, 5.41) is 3.69. The van der Waals surface area contributed by atoms with Crippen LogP contribution < -0.4 is 5.32 Å². The Bertz CT molecular complexity index is 363. The van der Waals surface area contributed by atoms with Crippen molar-refractivity contribution in [3.8, 4) is 0 Å². The van der Waals surface area contributed by atoms with E-state index in [1.165, 1.54) is 40.5 Å². The Balaban J connectivity index is 2.15. The van der Waals surface area contributed by atoms with E-state index in [9.17, 15) is 0 Å². The predicted molar refractivity (Wildman–Crippen MR) is 74.0 cm³/mol. The molecular formula is C14H20BrN. The highest BCUT2D eigenvalue weighted by Crippen LogP contribution is 2.33. The van der Waals surface area contributed by atoms with Crippen LogP contribution in [0.5, 0.6) is 0 Å². The lowest BCUT2D eigenvalue weighted by atomic mass is 10.1. The summed E-state index contributed by atoms with van der Waals surface area (Å²) in [5.74, 6) is 0.877. The third kappa shape index (κ3) is 2.60. The molecular weight excluding hydrogens is 262 g/mol. The Morgan fingerprint density at radius 3 is 2.56 bits per heavy atom. The van der Waals surface area contributed by atoms with Crippen LogP contribution in [0, 0.1) is 19.8 Å². The lowest BCUT2D eigenvalue weighted by Crippen LogP contribution is -2.16. The average Bonchev–Trinajstić information content (AvgIpc) is 2.58. The molecule has 1 aliphatic rings. The second kappa shape index (κ2) is 4.79. The first-order chi connectivity index (χ1) is 7.56. The zero-order valence-corrected chi connectivity index (χ0v) is 11.9. The van der Waals surface area contributed by atoms with Crippen molar-refractivity contribution in [1.29, 1.82) is 0 Å². The fraction of sp³-hybridized carbons (Fsp3) is 0.571. The zero-order chi connectivity index (χ0) is 11.7. The zero-order valence-electron chi connectivity index (χ0n) is 10.3. The van der Waals surface area contributed by atoms with Gasteiger partial charge in [-0.2, -0.15) is 0 Å². The molecule has 0 amide bonds. The van der Waals surface area contributed by atoms with Gasteiger partial charge in [-0.25, -0.2) is 0 Å². The van der Waals surface area contributed by atoms with Crippen LogP contribution in [0.1, 0.15) is 37.3 Å². The molecule has 0 aliphatic heterocycles. The number of halogens is 1. The number of hydrogen-bond acceptors (Lipinski definition) is 1. The van der Waals surface area contributed by atoms with Gasteiger partial charge < -0.3 is 5.32 Å². The van der Waals surface area contributed by atoms with Gasteiger partial charge in [-0.3, -0.25) is 0 Å². The third-order valence-electron chi connectivity index (χ3n) is 3.48. The Kier molecular flexibility index (Phi) is 3.58. The van der Waals surface area contributed by atoms with Gasteiger partial charge in [0.05, 0.1) is 5.69 Å². The summed E-state index contributed by atoms with van der Waals surface area (Å²) in [7, 11) is 0. The van der Waals surface area contributed by atoms with E-state index in [2.05, 4.69) is 54.2 Å². The first-order valence-electron chi connectivity index (χ1n) is 6.09. The molecule has 1 N–H and O–H groups in total. The van der Waals surface area contributed by atoms with Crippen molar-refractivity contribution in [2.24, 2.45) is 5.92 Å². The summed E-state index contributed by atoms with van der Waals surface area (Å²) in [6.07, 6.45) is 3.97. The SMILES string of the molecule is Cc1cc(C)c(NC2CCC(C)C2)c(Br)c1. The molecule has 1 saturated carbocycles. The lowest BCUT2D eigenvalue weighted by molar-refractivity contribution is 0.602. The molecule has 0 bridgehead atoms. The molecule has 88 valence electrons. The topological polar surface area (TPSA) is 12.0 Å². The molecule has 0 saturated heterocycles. The number of benzene rings is 1. The van der Waals surface area contributed by atoms with Gasteiger partial charge >= 0.3 is 0 Å². The molecule has 0 radical (unpaired) electrons. The monoisotopic (exact) mass is 281 g/mol. The molecule has 0 spiro atoms. The minimum absolute atomic E-state index is 0.660. The third-order valence-corrected chi connectivity index (χ3v) is 4.10. The molecule has 1 aromatic rings. The summed E-state index contributed by atoms with van der Waals surface area (Å²) >= 11 is 3.66. The Hall–Kier alpha value is -0.500. The second-order valence-electron chi connectivity index (χ2n) is 5.20. The standard InChI is InChI=1S/C14H20BrN/c1-9-4-5-12(7-9)16-14-11(3)6-10(2)8-13(14)15/h6,8-9,12,16H,4-5,7H2,1-3H3. The summed E-state index contributed by atoms with van der Waals surface area (Å²) in [6.45, 7) is 6.66. The van der Waals surface area contributed by atoms with Crippen molar-refractivity contribution < 1.29 is 0 Å². The number of hydrogen-bond donors (Lipinski definition) is 1. The van der Waals surface area contributed by atoms with Gasteiger partial charge in [-0.05, 0) is 72.2 Å². The summed E-state index contributed by atoms with van der Waals surface area (Å²) < 4.78 is 1.20. The molecule has 1 nitrogen and oxygen atoms in total. The molecule has 1 fully saturated rings. The maximum atomic E-state index is 3.69. The maximum absolute atomic E-state index is 3.69. The van der Waals surface area contributed by atoms with Crippen molar-refractivity contribution in [3.05, 3.63) is 27.7 Å². The van der Waals surface area contributed by atoms with E-state index in [1.807, 2.05) is 0 Å². The molecule has 16 heavy (non-hydrogen) atoms. The highest BCUT2D eigenvalue weighted by molar-refractivity contribution is 9.10. The van der Waals surface area contributed by atoms with Crippen molar-refractivity contribution >= 4 is 21.6 Å². The number of anilines is 1. The van der Waals surface area contributed by atoms with Gasteiger partial charge in [0.15, 0.2) is 0 Å². The maximum Gasteiger partial charge on any atom is 0.0516 e. The molecule has 1 aromatic carbocycles.